The molecule has 0 aliphatic heterocycles. The highest BCUT2D eigenvalue weighted by Gasteiger charge is 2.23. The molecule has 0 saturated heterocycles. The Morgan fingerprint density at radius 3 is 2.25 bits per heavy atom. The first kappa shape index (κ1) is 12.1. The summed E-state index contributed by atoms with van der Waals surface area (Å²) in [7, 11) is -5.04. The number of aliphatic hydroxyl groups excluding tert-OH is 2. The van der Waals surface area contributed by atoms with E-state index >= 15 is 0 Å². The van der Waals surface area contributed by atoms with E-state index in [9.17, 15) is 13.0 Å². The second kappa shape index (κ2) is 4.94. The molecule has 0 bridgehead atoms. The van der Waals surface area contributed by atoms with Crippen molar-refractivity contribution in [3.63, 3.8) is 0 Å². The monoisotopic (exact) mass is 220 g/mol. The van der Waals surface area contributed by atoms with Gasteiger partial charge in [0.1, 0.15) is 10.1 Å². The largest absolute Gasteiger partial charge is 0.746 e. The Morgan fingerprint density at radius 1 is 1.42 bits per heavy atom. The summed E-state index contributed by atoms with van der Waals surface area (Å²) in [5, 5.41) is 28.9. The van der Waals surface area contributed by atoms with Crippen molar-refractivity contribution >= 4 is 22.2 Å². The Balaban J connectivity index is 4.02. The smallest absolute Gasteiger partial charge is 0.181 e. The summed E-state index contributed by atoms with van der Waals surface area (Å²) in [5.41, 5.74) is -4.67. The molecule has 0 heterocycles. The highest BCUT2D eigenvalue weighted by molar-refractivity contribution is 7.96. The van der Waals surface area contributed by atoms with Crippen molar-refractivity contribution in [1.29, 1.82) is 0 Å². The Morgan fingerprint density at radius 2 is 1.92 bits per heavy atom. The minimum Gasteiger partial charge on any atom is -0.746 e. The van der Waals surface area contributed by atoms with Crippen molar-refractivity contribution in [3.05, 3.63) is 0 Å². The number of hydrogen-bond donors (Lipinski definition) is 2. The zero-order valence-electron chi connectivity index (χ0n) is 5.32. The molecule has 10 heteroatoms. The van der Waals surface area contributed by atoms with Crippen LogP contribution >= 0.6 is 12.0 Å². The maximum absolute atomic E-state index is 9.98. The fourth-order valence-corrected chi connectivity index (χ4v) is 1.28. The first-order valence-electron chi connectivity index (χ1n) is 2.32. The molecule has 0 fully saturated rings. The second-order valence-electron chi connectivity index (χ2n) is 1.51. The van der Waals surface area contributed by atoms with Gasteiger partial charge >= 0.3 is 0 Å². The van der Waals surface area contributed by atoms with Crippen LogP contribution in [-0.2, 0) is 19.5 Å². The Hall–Kier alpha value is 0.0600. The highest BCUT2D eigenvalue weighted by Crippen LogP contribution is 2.15. The fraction of sp³-hybridized carbons (Fsp3) is 1.00. The highest BCUT2D eigenvalue weighted by atomic mass is 32.2. The molecule has 0 aromatic heterocycles. The summed E-state index contributed by atoms with van der Waals surface area (Å²) in [4.78, 5) is 0. The average molecular weight is 220 g/mol. The molecule has 2 unspecified atom stereocenters. The van der Waals surface area contributed by atoms with Gasteiger partial charge in [-0.3, -0.25) is 5.04 Å². The molecule has 0 spiro atoms. The molecule has 2 atom stereocenters. The lowest BCUT2D eigenvalue weighted by Crippen LogP contribution is -2.31. The van der Waals surface area contributed by atoms with Crippen LogP contribution in [0.3, 0.4) is 0 Å². The van der Waals surface area contributed by atoms with Gasteiger partial charge in [-0.15, -0.1) is 0 Å². The summed E-state index contributed by atoms with van der Waals surface area (Å²) in [6.07, 6.45) is 0. The van der Waals surface area contributed by atoms with Gasteiger partial charge in [0.15, 0.2) is 10.9 Å². The Labute approximate surface area is 71.5 Å². The van der Waals surface area contributed by atoms with Gasteiger partial charge in [0, 0.05) is 0 Å². The SMILES string of the molecule is O=S(=O)([O-])C(O)C(O)SOO[O-]. The van der Waals surface area contributed by atoms with Gasteiger partial charge < -0.3 is 20.0 Å². The molecular weight excluding hydrogens is 216 g/mol. The van der Waals surface area contributed by atoms with Gasteiger partial charge in [0.25, 0.3) is 0 Å². The molecule has 2 N–H and O–H groups in total. The van der Waals surface area contributed by atoms with Gasteiger partial charge in [0.2, 0.25) is 0 Å². The van der Waals surface area contributed by atoms with Gasteiger partial charge in [-0.2, -0.15) is 4.33 Å². The minimum absolute atomic E-state index is 0.197. The van der Waals surface area contributed by atoms with Gasteiger partial charge in [-0.1, -0.05) is 0 Å². The van der Waals surface area contributed by atoms with E-state index in [4.69, 9.17) is 15.5 Å². The summed E-state index contributed by atoms with van der Waals surface area (Å²) in [6.45, 7) is 0. The van der Waals surface area contributed by atoms with Gasteiger partial charge in [0.05, 0.1) is 12.0 Å². The zero-order chi connectivity index (χ0) is 9.78. The average Bonchev–Trinajstić information content (AvgIpc) is 1.97. The summed E-state index contributed by atoms with van der Waals surface area (Å²) < 4.78 is 33.4. The van der Waals surface area contributed by atoms with E-state index in [2.05, 4.69) is 9.37 Å². The van der Waals surface area contributed by atoms with Crippen molar-refractivity contribution in [2.75, 3.05) is 0 Å². The lowest BCUT2D eigenvalue weighted by molar-refractivity contribution is -0.777. The van der Waals surface area contributed by atoms with E-state index in [0.29, 0.717) is 0 Å². The number of hydrogen-bond acceptors (Lipinski definition) is 9. The molecule has 0 radical (unpaired) electrons. The molecule has 0 aromatic carbocycles. The maximum atomic E-state index is 9.98. The zero-order valence-corrected chi connectivity index (χ0v) is 6.95. The van der Waals surface area contributed by atoms with Crippen LogP contribution in [0.1, 0.15) is 0 Å². The van der Waals surface area contributed by atoms with Crippen LogP contribution in [0.5, 0.6) is 0 Å². The van der Waals surface area contributed by atoms with E-state index in [1.807, 2.05) is 0 Å². The van der Waals surface area contributed by atoms with Crippen LogP contribution in [0, 0.1) is 0 Å². The quantitative estimate of drug-likeness (QED) is 0.163. The van der Waals surface area contributed by atoms with E-state index in [1.54, 1.807) is 0 Å². The normalized spacial score (nSPS) is 17.3. The third-order valence-electron chi connectivity index (χ3n) is 0.705. The predicted octanol–water partition coefficient (Wildman–Crippen LogP) is -2.96. The summed E-state index contributed by atoms with van der Waals surface area (Å²) in [6, 6.07) is 0. The summed E-state index contributed by atoms with van der Waals surface area (Å²) in [5.74, 6) is 0. The molecular formula is C2H4O8S2-2. The molecule has 0 aliphatic carbocycles. The number of aliphatic hydroxyl groups is 2. The lowest BCUT2D eigenvalue weighted by atomic mass is 10.8. The first-order chi connectivity index (χ1) is 5.39. The molecule has 0 rings (SSSR count). The van der Waals surface area contributed by atoms with Crippen molar-refractivity contribution in [1.82, 2.24) is 0 Å². The van der Waals surface area contributed by atoms with Crippen LogP contribution in [0.15, 0.2) is 0 Å². The third-order valence-corrected chi connectivity index (χ3v) is 2.32. The fourth-order valence-electron chi connectivity index (χ4n) is 0.246. The standard InChI is InChI=1S/C2H6O8S2/c3-1(11-10-9-5)2(4)12(6,7)8/h1-5H,(H,6,7,8)/p-2. The molecule has 0 amide bonds. The van der Waals surface area contributed by atoms with E-state index in [1.165, 1.54) is 0 Å². The molecule has 0 saturated carbocycles. The molecule has 12 heavy (non-hydrogen) atoms. The Bertz CT molecular complexity index is 209. The Kier molecular flexibility index (Phi) is 4.96. The van der Waals surface area contributed by atoms with E-state index in [0.717, 1.165) is 0 Å². The maximum Gasteiger partial charge on any atom is 0.181 e. The van der Waals surface area contributed by atoms with Crippen LogP contribution in [-0.4, -0.2) is 34.1 Å². The van der Waals surface area contributed by atoms with Gasteiger partial charge in [-0.25, -0.2) is 8.42 Å². The van der Waals surface area contributed by atoms with Gasteiger partial charge in [-0.05, 0) is 0 Å². The molecule has 0 aromatic rings. The van der Waals surface area contributed by atoms with Crippen molar-refractivity contribution in [2.45, 2.75) is 10.9 Å². The van der Waals surface area contributed by atoms with Crippen LogP contribution in [0.25, 0.3) is 0 Å². The number of rotatable bonds is 5. The van der Waals surface area contributed by atoms with Crippen molar-refractivity contribution in [3.8, 4) is 0 Å². The van der Waals surface area contributed by atoms with Crippen LogP contribution in [0.2, 0.25) is 0 Å². The predicted molar refractivity (Wildman–Crippen MR) is 31.5 cm³/mol. The van der Waals surface area contributed by atoms with Crippen LogP contribution in [0.4, 0.5) is 0 Å². The minimum atomic E-state index is -5.04. The van der Waals surface area contributed by atoms with E-state index < -0.39 is 21.0 Å². The van der Waals surface area contributed by atoms with Crippen molar-refractivity contribution in [2.24, 2.45) is 0 Å². The second-order valence-corrected chi connectivity index (χ2v) is 3.79. The van der Waals surface area contributed by atoms with Crippen LogP contribution < -0.4 is 5.26 Å². The third kappa shape index (κ3) is 4.18. The van der Waals surface area contributed by atoms with E-state index in [-0.39, 0.29) is 12.0 Å². The lowest BCUT2D eigenvalue weighted by Gasteiger charge is -2.19. The molecule has 0 aliphatic rings. The molecule has 8 nitrogen and oxygen atoms in total. The summed E-state index contributed by atoms with van der Waals surface area (Å²) >= 11 is -0.197. The van der Waals surface area contributed by atoms with Crippen molar-refractivity contribution < 1.29 is 37.8 Å². The first-order valence-corrected chi connectivity index (χ1v) is 4.60. The molecule has 74 valence electrons. The topological polar surface area (TPSA) is 139 Å².